The number of phenolic OH excluding ortho intramolecular Hbond substituents is 1. The maximum Gasteiger partial charge on any atom is 0.236 e. The van der Waals surface area contributed by atoms with E-state index in [0.29, 0.717) is 5.56 Å². The summed E-state index contributed by atoms with van der Waals surface area (Å²) in [5, 5.41) is 9.32. The van der Waals surface area contributed by atoms with E-state index in [1.54, 1.807) is 18.2 Å². The Balaban J connectivity index is 3.10. The molecule has 0 radical (unpaired) electrons. The highest BCUT2D eigenvalue weighted by Gasteiger charge is 2.06. The second-order valence-electron chi connectivity index (χ2n) is 2.11. The molecule has 0 aliphatic carbocycles. The number of ether oxygens (including phenoxy) is 1. The fourth-order valence-corrected chi connectivity index (χ4v) is 1.00. The van der Waals surface area contributed by atoms with Crippen molar-refractivity contribution in [3.63, 3.8) is 0 Å². The Kier molecular flexibility index (Phi) is 2.94. The monoisotopic (exact) mass is 185 g/mol. The van der Waals surface area contributed by atoms with Crippen molar-refractivity contribution in [1.82, 2.24) is 0 Å². The molecule has 1 rings (SSSR count). The smallest absolute Gasteiger partial charge is 0.236 e. The average molecular weight is 186 g/mol. The minimum absolute atomic E-state index is 0.0961. The zero-order chi connectivity index (χ0) is 8.97. The van der Waals surface area contributed by atoms with Gasteiger partial charge in [0, 0.05) is 11.8 Å². The quantitative estimate of drug-likeness (QED) is 0.537. The van der Waals surface area contributed by atoms with Crippen molar-refractivity contribution in [2.24, 2.45) is 4.51 Å². The molecule has 4 heteroatoms. The number of aromatic hydroxyl groups is 1. The molecule has 0 heterocycles. The van der Waals surface area contributed by atoms with Crippen LogP contribution in [0.5, 0.6) is 5.75 Å². The Bertz CT molecular complexity index is 299. The van der Waals surface area contributed by atoms with Crippen LogP contribution in [0.15, 0.2) is 28.8 Å². The number of halogens is 1. The van der Waals surface area contributed by atoms with Crippen molar-refractivity contribution < 1.29 is 9.84 Å². The minimum Gasteiger partial charge on any atom is -0.507 e. The molecule has 0 aromatic heterocycles. The number of nitrogens with zero attached hydrogens (tertiary/aromatic N) is 1. The number of phenols is 1. The van der Waals surface area contributed by atoms with Crippen LogP contribution in [0.25, 0.3) is 0 Å². The lowest BCUT2D eigenvalue weighted by Crippen LogP contribution is -2.01. The third-order valence-corrected chi connectivity index (χ3v) is 1.56. The summed E-state index contributed by atoms with van der Waals surface area (Å²) in [5.41, 5.74) is 0.481. The Morgan fingerprint density at radius 3 is 2.67 bits per heavy atom. The van der Waals surface area contributed by atoms with Crippen molar-refractivity contribution in [3.8, 4) is 5.75 Å². The molecule has 1 aromatic carbocycles. The molecule has 0 aliphatic rings. The zero-order valence-corrected chi connectivity index (χ0v) is 7.25. The summed E-state index contributed by atoms with van der Waals surface area (Å²) >= 11 is 5.23. The van der Waals surface area contributed by atoms with Gasteiger partial charge in [-0.3, -0.25) is 0 Å². The van der Waals surface area contributed by atoms with Gasteiger partial charge in [-0.2, -0.15) is 0 Å². The van der Waals surface area contributed by atoms with Gasteiger partial charge in [0.1, 0.15) is 5.75 Å². The van der Waals surface area contributed by atoms with Crippen LogP contribution < -0.4 is 0 Å². The lowest BCUT2D eigenvalue weighted by atomic mass is 10.2. The Hall–Kier alpha value is -1.22. The van der Waals surface area contributed by atoms with Crippen LogP contribution in [0.2, 0.25) is 0 Å². The molecular formula is C8H8ClNO2. The van der Waals surface area contributed by atoms with Crippen LogP contribution in [0.1, 0.15) is 5.56 Å². The lowest BCUT2D eigenvalue weighted by Gasteiger charge is -2.03. The van der Waals surface area contributed by atoms with Gasteiger partial charge < -0.3 is 9.84 Å². The molecule has 0 atom stereocenters. The first-order valence-electron chi connectivity index (χ1n) is 3.31. The van der Waals surface area contributed by atoms with Crippen LogP contribution in [-0.4, -0.2) is 18.1 Å². The van der Waals surface area contributed by atoms with Crippen LogP contribution in [0.3, 0.4) is 0 Å². The number of hydrogen-bond acceptors (Lipinski definition) is 3. The molecule has 1 aromatic rings. The summed E-state index contributed by atoms with van der Waals surface area (Å²) in [6.07, 6.45) is 0. The van der Waals surface area contributed by atoms with Gasteiger partial charge in [0.25, 0.3) is 0 Å². The Morgan fingerprint density at radius 1 is 1.50 bits per heavy atom. The first-order chi connectivity index (χ1) is 5.79. The molecule has 3 nitrogen and oxygen atoms in total. The van der Waals surface area contributed by atoms with E-state index >= 15 is 0 Å². The second kappa shape index (κ2) is 3.97. The highest BCUT2D eigenvalue weighted by atomic mass is 35.5. The molecule has 0 aliphatic heterocycles. The van der Waals surface area contributed by atoms with Crippen molar-refractivity contribution in [2.75, 3.05) is 7.11 Å². The van der Waals surface area contributed by atoms with Gasteiger partial charge in [-0.1, -0.05) is 12.1 Å². The summed E-state index contributed by atoms with van der Waals surface area (Å²) in [4.78, 5) is 0. The maximum absolute atomic E-state index is 9.32. The third-order valence-electron chi connectivity index (χ3n) is 1.40. The zero-order valence-electron chi connectivity index (χ0n) is 6.49. The molecule has 12 heavy (non-hydrogen) atoms. The molecule has 64 valence electrons. The van der Waals surface area contributed by atoms with E-state index in [4.69, 9.17) is 16.5 Å². The second-order valence-corrected chi connectivity index (χ2v) is 2.28. The first-order valence-corrected chi connectivity index (χ1v) is 3.64. The molecule has 0 unspecified atom stereocenters. The van der Waals surface area contributed by atoms with Gasteiger partial charge in [-0.25, -0.2) is 0 Å². The standard InChI is InChI=1S/C8H8ClNO2/c1-12-8(10-9)6-4-2-3-5-7(6)11/h2-5,11H,1H3/b10-8-. The fourth-order valence-electron chi connectivity index (χ4n) is 0.844. The summed E-state index contributed by atoms with van der Waals surface area (Å²) < 4.78 is 8.17. The SMILES string of the molecule is CO/C(=N\Cl)c1ccccc1O. The van der Waals surface area contributed by atoms with E-state index in [1.165, 1.54) is 13.2 Å². The minimum atomic E-state index is 0.0961. The number of methoxy groups -OCH3 is 1. The summed E-state index contributed by atoms with van der Waals surface area (Å²) in [5.74, 6) is 0.300. The molecule has 0 fully saturated rings. The van der Waals surface area contributed by atoms with Crippen LogP contribution in [0.4, 0.5) is 0 Å². The largest absolute Gasteiger partial charge is 0.507 e. The van der Waals surface area contributed by atoms with Crippen molar-refractivity contribution in [3.05, 3.63) is 29.8 Å². The number of hydrogen-bond donors (Lipinski definition) is 1. The third kappa shape index (κ3) is 1.68. The van der Waals surface area contributed by atoms with E-state index in [1.807, 2.05) is 0 Å². The normalized spacial score (nSPS) is 11.3. The van der Waals surface area contributed by atoms with Crippen LogP contribution in [-0.2, 0) is 4.74 Å². The van der Waals surface area contributed by atoms with Gasteiger partial charge in [0.05, 0.1) is 12.7 Å². The maximum atomic E-state index is 9.32. The van der Waals surface area contributed by atoms with E-state index in [-0.39, 0.29) is 11.6 Å². The number of para-hydroxylation sites is 1. The highest BCUT2D eigenvalue weighted by molar-refractivity contribution is 6.21. The Morgan fingerprint density at radius 2 is 2.17 bits per heavy atom. The van der Waals surface area contributed by atoms with Crippen molar-refractivity contribution in [1.29, 1.82) is 0 Å². The van der Waals surface area contributed by atoms with Crippen molar-refractivity contribution in [2.45, 2.75) is 0 Å². The predicted octanol–water partition coefficient (Wildman–Crippen LogP) is 1.94. The predicted molar refractivity (Wildman–Crippen MR) is 47.5 cm³/mol. The highest BCUT2D eigenvalue weighted by Crippen LogP contribution is 2.17. The summed E-state index contributed by atoms with van der Waals surface area (Å²) in [6, 6.07) is 6.67. The molecule has 0 amide bonds. The molecule has 0 spiro atoms. The van der Waals surface area contributed by atoms with Gasteiger partial charge in [-0.15, -0.1) is 4.51 Å². The Labute approximate surface area is 75.4 Å². The molecule has 1 N–H and O–H groups in total. The lowest BCUT2D eigenvalue weighted by molar-refractivity contribution is 0.401. The fraction of sp³-hybridized carbons (Fsp3) is 0.125. The summed E-state index contributed by atoms with van der Waals surface area (Å²) in [7, 11) is 1.44. The topological polar surface area (TPSA) is 41.8 Å². The number of benzene rings is 1. The van der Waals surface area contributed by atoms with Gasteiger partial charge >= 0.3 is 0 Å². The summed E-state index contributed by atoms with van der Waals surface area (Å²) in [6.45, 7) is 0. The van der Waals surface area contributed by atoms with E-state index < -0.39 is 0 Å². The van der Waals surface area contributed by atoms with E-state index in [9.17, 15) is 5.11 Å². The van der Waals surface area contributed by atoms with Gasteiger partial charge in [0.15, 0.2) is 0 Å². The molecule has 0 saturated carbocycles. The van der Waals surface area contributed by atoms with E-state index in [2.05, 4.69) is 4.51 Å². The van der Waals surface area contributed by atoms with Gasteiger partial charge in [-0.05, 0) is 12.1 Å². The number of rotatable bonds is 1. The van der Waals surface area contributed by atoms with Gasteiger partial charge in [0.2, 0.25) is 5.90 Å². The molecular weight excluding hydrogens is 178 g/mol. The van der Waals surface area contributed by atoms with Crippen LogP contribution >= 0.6 is 11.8 Å². The van der Waals surface area contributed by atoms with E-state index in [0.717, 1.165) is 0 Å². The average Bonchev–Trinajstić information content (AvgIpc) is 2.10. The van der Waals surface area contributed by atoms with Crippen LogP contribution in [0, 0.1) is 0 Å². The first kappa shape index (κ1) is 8.87. The molecule has 0 saturated heterocycles. The van der Waals surface area contributed by atoms with Crippen molar-refractivity contribution >= 4 is 17.7 Å². The molecule has 0 bridgehead atoms.